The number of aromatic nitrogens is 3. The Morgan fingerprint density at radius 3 is 2.59 bits per heavy atom. The van der Waals surface area contributed by atoms with Gasteiger partial charge in [-0.3, -0.25) is 14.7 Å². The number of hydrogen-bond donors (Lipinski definition) is 2. The van der Waals surface area contributed by atoms with E-state index in [9.17, 15) is 9.59 Å². The quantitative estimate of drug-likeness (QED) is 0.796. The lowest BCUT2D eigenvalue weighted by molar-refractivity contribution is 0.840. The zero-order valence-electron chi connectivity index (χ0n) is 9.66. The highest BCUT2D eigenvalue weighted by Gasteiger charge is 2.05. The molecule has 0 saturated carbocycles. The smallest absolute Gasteiger partial charge is 0.302 e. The molecular weight excluding hydrogens is 238 g/mol. The third-order valence-corrected chi connectivity index (χ3v) is 3.62. The lowest BCUT2D eigenvalue weighted by Gasteiger charge is -1.99. The number of H-pyrrole nitrogens is 2. The fourth-order valence-electron chi connectivity index (χ4n) is 1.65. The summed E-state index contributed by atoms with van der Waals surface area (Å²) in [6, 6.07) is 1.35. The van der Waals surface area contributed by atoms with Gasteiger partial charge in [-0.1, -0.05) is 0 Å². The number of thiazole rings is 1. The maximum absolute atomic E-state index is 11.1. The van der Waals surface area contributed by atoms with Gasteiger partial charge < -0.3 is 5.10 Å². The zero-order chi connectivity index (χ0) is 12.4. The summed E-state index contributed by atoms with van der Waals surface area (Å²) in [5, 5.41) is 6.09. The molecular formula is C11H13N3O2S. The summed E-state index contributed by atoms with van der Waals surface area (Å²) < 4.78 is 0. The molecule has 2 heterocycles. The number of aromatic amines is 2. The third-order valence-electron chi connectivity index (χ3n) is 2.49. The van der Waals surface area contributed by atoms with Crippen LogP contribution in [0.5, 0.6) is 0 Å². The second-order valence-electron chi connectivity index (χ2n) is 3.85. The fraction of sp³-hybridized carbons (Fsp3) is 0.364. The lowest BCUT2D eigenvalue weighted by Crippen LogP contribution is -2.27. The van der Waals surface area contributed by atoms with E-state index in [1.54, 1.807) is 11.3 Å². The monoisotopic (exact) mass is 251 g/mol. The van der Waals surface area contributed by atoms with Gasteiger partial charge in [0, 0.05) is 16.6 Å². The molecule has 2 aromatic rings. The van der Waals surface area contributed by atoms with Crippen molar-refractivity contribution < 1.29 is 0 Å². The Morgan fingerprint density at radius 2 is 2.00 bits per heavy atom. The van der Waals surface area contributed by atoms with Gasteiger partial charge >= 0.3 is 5.56 Å². The molecule has 17 heavy (non-hydrogen) atoms. The number of rotatable bonds is 3. The van der Waals surface area contributed by atoms with Crippen molar-refractivity contribution in [2.75, 3.05) is 0 Å². The summed E-state index contributed by atoms with van der Waals surface area (Å²) in [7, 11) is 0. The highest BCUT2D eigenvalue weighted by Crippen LogP contribution is 2.18. The molecule has 0 aliphatic rings. The van der Waals surface area contributed by atoms with Gasteiger partial charge in [-0.05, 0) is 26.7 Å². The number of nitrogens with one attached hydrogen (secondary N) is 2. The largest absolute Gasteiger partial charge is 0.310 e. The first-order chi connectivity index (χ1) is 8.06. The van der Waals surface area contributed by atoms with Gasteiger partial charge in [0.25, 0.3) is 0 Å². The fourth-order valence-corrected chi connectivity index (χ4v) is 2.58. The van der Waals surface area contributed by atoms with Crippen LogP contribution in [0.1, 0.15) is 21.3 Å². The van der Waals surface area contributed by atoms with E-state index in [4.69, 9.17) is 0 Å². The third kappa shape index (κ3) is 2.71. The van der Waals surface area contributed by atoms with Crippen LogP contribution in [0, 0.1) is 13.8 Å². The van der Waals surface area contributed by atoms with Crippen LogP contribution < -0.4 is 11.0 Å². The minimum Gasteiger partial charge on any atom is -0.302 e. The Hall–Kier alpha value is -1.69. The van der Waals surface area contributed by atoms with Gasteiger partial charge in [-0.2, -0.15) is 0 Å². The summed E-state index contributed by atoms with van der Waals surface area (Å²) in [5.74, 6) is 0. The molecule has 90 valence electrons. The topological polar surface area (TPSA) is 78.6 Å². The first kappa shape index (κ1) is 11.8. The van der Waals surface area contributed by atoms with Gasteiger partial charge in [0.1, 0.15) is 0 Å². The average Bonchev–Trinajstić information content (AvgIpc) is 2.59. The Bertz CT molecular complexity index is 639. The highest BCUT2D eigenvalue weighted by molar-refractivity contribution is 7.11. The molecule has 0 bridgehead atoms. The van der Waals surface area contributed by atoms with Crippen LogP contribution >= 0.6 is 11.3 Å². The minimum absolute atomic E-state index is 0.504. The molecule has 2 N–H and O–H groups in total. The van der Waals surface area contributed by atoms with Gasteiger partial charge in [0.2, 0.25) is 5.43 Å². The van der Waals surface area contributed by atoms with Crippen LogP contribution in [0.4, 0.5) is 0 Å². The molecule has 0 aromatic carbocycles. The molecule has 0 aliphatic heterocycles. The summed E-state index contributed by atoms with van der Waals surface area (Å²) in [6.07, 6.45) is 1.51. The van der Waals surface area contributed by atoms with Crippen LogP contribution in [0.3, 0.4) is 0 Å². The van der Waals surface area contributed by atoms with E-state index >= 15 is 0 Å². The van der Waals surface area contributed by atoms with Crippen molar-refractivity contribution in [1.29, 1.82) is 0 Å². The van der Waals surface area contributed by atoms with Crippen molar-refractivity contribution >= 4 is 11.3 Å². The van der Waals surface area contributed by atoms with Crippen molar-refractivity contribution in [3.63, 3.8) is 0 Å². The maximum Gasteiger partial charge on any atom is 0.310 e. The van der Waals surface area contributed by atoms with Crippen LogP contribution in [-0.4, -0.2) is 15.2 Å². The normalized spacial score (nSPS) is 10.7. The lowest BCUT2D eigenvalue weighted by atomic mass is 10.2. The molecule has 0 fully saturated rings. The van der Waals surface area contributed by atoms with Gasteiger partial charge in [-0.25, -0.2) is 4.98 Å². The Balaban J connectivity index is 2.12. The van der Waals surface area contributed by atoms with E-state index in [0.717, 1.165) is 22.8 Å². The molecule has 0 unspecified atom stereocenters. The van der Waals surface area contributed by atoms with E-state index in [0.29, 0.717) is 6.42 Å². The predicted octanol–water partition coefficient (Wildman–Crippen LogP) is 0.922. The molecule has 6 heteroatoms. The van der Waals surface area contributed by atoms with Crippen LogP contribution in [-0.2, 0) is 12.8 Å². The van der Waals surface area contributed by atoms with Crippen molar-refractivity contribution in [3.05, 3.63) is 47.9 Å². The number of nitrogens with zero attached hydrogens (tertiary/aromatic N) is 1. The Kier molecular flexibility index (Phi) is 3.23. The minimum atomic E-state index is -0.612. The summed E-state index contributed by atoms with van der Waals surface area (Å²) in [5.41, 5.74) is 0.661. The van der Waals surface area contributed by atoms with Gasteiger partial charge in [0.15, 0.2) is 0 Å². The first-order valence-electron chi connectivity index (χ1n) is 5.30. The van der Waals surface area contributed by atoms with Crippen molar-refractivity contribution in [2.45, 2.75) is 26.7 Å². The molecule has 2 rings (SSSR count). The zero-order valence-corrected chi connectivity index (χ0v) is 10.5. The maximum atomic E-state index is 11.1. The molecule has 0 aliphatic carbocycles. The van der Waals surface area contributed by atoms with E-state index in [-0.39, 0.29) is 0 Å². The first-order valence-corrected chi connectivity index (χ1v) is 6.11. The number of aryl methyl sites for hydroxylation is 4. The SMILES string of the molecule is Cc1nc(C)c(CCc2cc(=O)c(=O)[nH][nH]2)s1. The van der Waals surface area contributed by atoms with Crippen LogP contribution in [0.25, 0.3) is 0 Å². The van der Waals surface area contributed by atoms with E-state index in [1.807, 2.05) is 13.8 Å². The van der Waals surface area contributed by atoms with Crippen molar-refractivity contribution in [3.8, 4) is 0 Å². The highest BCUT2D eigenvalue weighted by atomic mass is 32.1. The molecule has 0 spiro atoms. The second kappa shape index (κ2) is 4.67. The summed E-state index contributed by atoms with van der Waals surface area (Å²) in [4.78, 5) is 27.6. The van der Waals surface area contributed by atoms with Gasteiger partial charge in [0.05, 0.1) is 10.7 Å². The van der Waals surface area contributed by atoms with Crippen molar-refractivity contribution in [2.24, 2.45) is 0 Å². The Morgan fingerprint density at radius 1 is 1.24 bits per heavy atom. The van der Waals surface area contributed by atoms with E-state index < -0.39 is 11.0 Å². The second-order valence-corrected chi connectivity index (χ2v) is 5.14. The van der Waals surface area contributed by atoms with Crippen molar-refractivity contribution in [1.82, 2.24) is 15.2 Å². The molecule has 2 aromatic heterocycles. The average molecular weight is 251 g/mol. The number of hydrogen-bond acceptors (Lipinski definition) is 4. The van der Waals surface area contributed by atoms with Crippen LogP contribution in [0.2, 0.25) is 0 Å². The van der Waals surface area contributed by atoms with Gasteiger partial charge in [-0.15, -0.1) is 11.3 Å². The Labute approximate surface area is 102 Å². The molecule has 0 saturated heterocycles. The summed E-state index contributed by atoms with van der Waals surface area (Å²) >= 11 is 1.67. The van der Waals surface area contributed by atoms with Crippen LogP contribution in [0.15, 0.2) is 15.7 Å². The molecule has 0 atom stereocenters. The van der Waals surface area contributed by atoms with E-state index in [2.05, 4.69) is 15.2 Å². The molecule has 0 amide bonds. The predicted molar refractivity (Wildman–Crippen MR) is 66.7 cm³/mol. The summed E-state index contributed by atoms with van der Waals surface area (Å²) in [6.45, 7) is 3.96. The molecule has 5 nitrogen and oxygen atoms in total. The van der Waals surface area contributed by atoms with E-state index in [1.165, 1.54) is 10.9 Å². The molecule has 0 radical (unpaired) electrons. The standard InChI is InChI=1S/C11H13N3O2S/c1-6-10(17-7(2)12-6)4-3-8-5-9(15)11(16)14-13-8/h5H,3-4H2,1-2H3,(H,13,15)(H,14,16).